The fraction of sp³-hybridized carbons (Fsp3) is 0.500. The second kappa shape index (κ2) is 4.53. The third-order valence-corrected chi connectivity index (χ3v) is 2.99. The first-order valence-electron chi connectivity index (χ1n) is 5.49. The monoisotopic (exact) mass is 204 g/mol. The van der Waals surface area contributed by atoms with E-state index < -0.39 is 0 Å². The average Bonchev–Trinajstić information content (AvgIpc) is 2.30. The van der Waals surface area contributed by atoms with Crippen molar-refractivity contribution in [2.45, 2.75) is 38.1 Å². The van der Waals surface area contributed by atoms with Gasteiger partial charge in [-0.3, -0.25) is 9.78 Å². The molecule has 0 saturated heterocycles. The lowest BCUT2D eigenvalue weighted by atomic mass is 9.85. The van der Waals surface area contributed by atoms with Gasteiger partial charge in [-0.05, 0) is 30.5 Å². The summed E-state index contributed by atoms with van der Waals surface area (Å²) in [6, 6.07) is 3.87. The normalized spacial score (nSPS) is 21.7. The van der Waals surface area contributed by atoms with Gasteiger partial charge in [0.2, 0.25) is 0 Å². The van der Waals surface area contributed by atoms with E-state index in [4.69, 9.17) is 5.73 Å². The van der Waals surface area contributed by atoms with Crippen molar-refractivity contribution in [3.05, 3.63) is 29.6 Å². The van der Waals surface area contributed by atoms with Gasteiger partial charge in [0.25, 0.3) is 0 Å². The maximum Gasteiger partial charge on any atom is 0.141 e. The molecular weight excluding hydrogens is 188 g/mol. The summed E-state index contributed by atoms with van der Waals surface area (Å²) in [6.45, 7) is 0.510. The minimum atomic E-state index is 0.0187. The largest absolute Gasteiger partial charge is 0.326 e. The molecule has 0 aliphatic heterocycles. The van der Waals surface area contributed by atoms with Gasteiger partial charge in [-0.25, -0.2) is 0 Å². The molecular formula is C12H16N2O. The fourth-order valence-corrected chi connectivity index (χ4v) is 2.11. The minimum absolute atomic E-state index is 0.0187. The lowest BCUT2D eigenvalue weighted by Gasteiger charge is -2.20. The number of pyridine rings is 1. The van der Waals surface area contributed by atoms with Crippen LogP contribution in [0.4, 0.5) is 0 Å². The summed E-state index contributed by atoms with van der Waals surface area (Å²) in [5, 5.41) is 0. The van der Waals surface area contributed by atoms with Crippen LogP contribution in [0.3, 0.4) is 0 Å². The predicted molar refractivity (Wildman–Crippen MR) is 58.3 cm³/mol. The highest BCUT2D eigenvalue weighted by molar-refractivity contribution is 5.85. The van der Waals surface area contributed by atoms with Gasteiger partial charge in [0.1, 0.15) is 5.78 Å². The van der Waals surface area contributed by atoms with E-state index in [1.807, 2.05) is 12.1 Å². The topological polar surface area (TPSA) is 56.0 Å². The number of hydrogen-bond donors (Lipinski definition) is 1. The highest BCUT2D eigenvalue weighted by Gasteiger charge is 2.24. The molecule has 1 heterocycles. The molecule has 1 saturated carbocycles. The van der Waals surface area contributed by atoms with Gasteiger partial charge in [0.15, 0.2) is 0 Å². The van der Waals surface area contributed by atoms with Gasteiger partial charge >= 0.3 is 0 Å². The SMILES string of the molecule is NCc1ccnc(C2CCCCC2=O)c1. The Bertz CT molecular complexity index is 362. The molecule has 0 radical (unpaired) electrons. The quantitative estimate of drug-likeness (QED) is 0.798. The van der Waals surface area contributed by atoms with Gasteiger partial charge < -0.3 is 5.73 Å². The molecule has 3 nitrogen and oxygen atoms in total. The number of nitrogens with zero attached hydrogens (tertiary/aromatic N) is 1. The lowest BCUT2D eigenvalue weighted by Crippen LogP contribution is -2.18. The van der Waals surface area contributed by atoms with Crippen molar-refractivity contribution in [3.8, 4) is 0 Å². The van der Waals surface area contributed by atoms with Crippen molar-refractivity contribution >= 4 is 5.78 Å². The molecule has 2 rings (SSSR count). The molecule has 1 aliphatic carbocycles. The maximum atomic E-state index is 11.7. The number of aromatic nitrogens is 1. The molecule has 1 unspecified atom stereocenters. The number of Topliss-reactive ketones (excluding diaryl/α,β-unsaturated/α-hetero) is 1. The van der Waals surface area contributed by atoms with Crippen LogP contribution < -0.4 is 5.73 Å². The number of hydrogen-bond acceptors (Lipinski definition) is 3. The van der Waals surface area contributed by atoms with Gasteiger partial charge in [-0.2, -0.15) is 0 Å². The number of rotatable bonds is 2. The Kier molecular flexibility index (Phi) is 3.11. The Labute approximate surface area is 89.7 Å². The first kappa shape index (κ1) is 10.3. The van der Waals surface area contributed by atoms with Crippen LogP contribution >= 0.6 is 0 Å². The second-order valence-corrected chi connectivity index (χ2v) is 4.06. The summed E-state index contributed by atoms with van der Waals surface area (Å²) in [6.07, 6.45) is 5.56. The average molecular weight is 204 g/mol. The molecule has 0 aromatic carbocycles. The van der Waals surface area contributed by atoms with Crippen LogP contribution in [0.15, 0.2) is 18.3 Å². The number of carbonyl (C=O) groups is 1. The lowest BCUT2D eigenvalue weighted by molar-refractivity contribution is -0.121. The van der Waals surface area contributed by atoms with E-state index in [1.54, 1.807) is 6.20 Å². The highest BCUT2D eigenvalue weighted by Crippen LogP contribution is 2.28. The van der Waals surface area contributed by atoms with E-state index in [9.17, 15) is 4.79 Å². The fourth-order valence-electron chi connectivity index (χ4n) is 2.11. The van der Waals surface area contributed by atoms with E-state index in [1.165, 1.54) is 0 Å². The van der Waals surface area contributed by atoms with Crippen LogP contribution in [0.5, 0.6) is 0 Å². The van der Waals surface area contributed by atoms with Gasteiger partial charge in [-0.1, -0.05) is 6.42 Å². The van der Waals surface area contributed by atoms with Crippen LogP contribution in [-0.2, 0) is 11.3 Å². The Balaban J connectivity index is 2.23. The molecule has 2 N–H and O–H groups in total. The van der Waals surface area contributed by atoms with Gasteiger partial charge in [0.05, 0.1) is 11.6 Å². The summed E-state index contributed by atoms with van der Waals surface area (Å²) < 4.78 is 0. The Morgan fingerprint density at radius 2 is 2.33 bits per heavy atom. The molecule has 0 spiro atoms. The Morgan fingerprint density at radius 1 is 1.47 bits per heavy atom. The first-order valence-corrected chi connectivity index (χ1v) is 5.49. The number of nitrogens with two attached hydrogens (primary N) is 1. The molecule has 0 amide bonds. The summed E-state index contributed by atoms with van der Waals surface area (Å²) in [5.74, 6) is 0.355. The van der Waals surface area contributed by atoms with E-state index in [0.717, 1.165) is 30.5 Å². The second-order valence-electron chi connectivity index (χ2n) is 4.06. The van der Waals surface area contributed by atoms with Gasteiger partial charge in [0, 0.05) is 19.2 Å². The van der Waals surface area contributed by atoms with Crippen LogP contribution in [0.25, 0.3) is 0 Å². The molecule has 3 heteroatoms. The smallest absolute Gasteiger partial charge is 0.141 e. The zero-order valence-electron chi connectivity index (χ0n) is 8.78. The van der Waals surface area contributed by atoms with Crippen molar-refractivity contribution < 1.29 is 4.79 Å². The zero-order chi connectivity index (χ0) is 10.7. The van der Waals surface area contributed by atoms with Crippen molar-refractivity contribution in [2.75, 3.05) is 0 Å². The minimum Gasteiger partial charge on any atom is -0.326 e. The highest BCUT2D eigenvalue weighted by atomic mass is 16.1. The maximum absolute atomic E-state index is 11.7. The predicted octanol–water partition coefficient (Wildman–Crippen LogP) is 1.77. The van der Waals surface area contributed by atoms with Crippen LogP contribution in [0.2, 0.25) is 0 Å². The molecule has 1 aromatic rings. The van der Waals surface area contributed by atoms with E-state index in [0.29, 0.717) is 18.7 Å². The van der Waals surface area contributed by atoms with Crippen LogP contribution in [0.1, 0.15) is 42.9 Å². The van der Waals surface area contributed by atoms with E-state index in [2.05, 4.69) is 4.98 Å². The van der Waals surface area contributed by atoms with E-state index >= 15 is 0 Å². The summed E-state index contributed by atoms with van der Waals surface area (Å²) in [7, 11) is 0. The standard InChI is InChI=1S/C12H16N2O/c13-8-9-5-6-14-11(7-9)10-3-1-2-4-12(10)15/h5-7,10H,1-4,8,13H2. The molecule has 80 valence electrons. The third-order valence-electron chi connectivity index (χ3n) is 2.99. The molecule has 1 aliphatic rings. The Morgan fingerprint density at radius 3 is 3.07 bits per heavy atom. The zero-order valence-corrected chi connectivity index (χ0v) is 8.78. The summed E-state index contributed by atoms with van der Waals surface area (Å²) in [5.41, 5.74) is 7.53. The molecule has 1 atom stereocenters. The third kappa shape index (κ3) is 2.23. The van der Waals surface area contributed by atoms with E-state index in [-0.39, 0.29) is 5.92 Å². The van der Waals surface area contributed by atoms with Crippen LogP contribution in [-0.4, -0.2) is 10.8 Å². The van der Waals surface area contributed by atoms with Crippen LogP contribution in [0, 0.1) is 0 Å². The number of carbonyl (C=O) groups excluding carboxylic acids is 1. The van der Waals surface area contributed by atoms with Crippen molar-refractivity contribution in [1.29, 1.82) is 0 Å². The summed E-state index contributed by atoms with van der Waals surface area (Å²) >= 11 is 0. The first-order chi connectivity index (χ1) is 7.31. The molecule has 15 heavy (non-hydrogen) atoms. The van der Waals surface area contributed by atoms with Crippen molar-refractivity contribution in [1.82, 2.24) is 4.98 Å². The van der Waals surface area contributed by atoms with Crippen molar-refractivity contribution in [3.63, 3.8) is 0 Å². The molecule has 1 fully saturated rings. The Hall–Kier alpha value is -1.22. The van der Waals surface area contributed by atoms with Crippen molar-refractivity contribution in [2.24, 2.45) is 5.73 Å². The number of ketones is 1. The summed E-state index contributed by atoms with van der Waals surface area (Å²) in [4.78, 5) is 16.0. The molecule has 0 bridgehead atoms. The van der Waals surface area contributed by atoms with Gasteiger partial charge in [-0.15, -0.1) is 0 Å². The molecule has 1 aromatic heterocycles.